The molecule has 1 heterocycles. The third-order valence-corrected chi connectivity index (χ3v) is 6.97. The summed E-state index contributed by atoms with van der Waals surface area (Å²) in [7, 11) is 1.58. The van der Waals surface area contributed by atoms with Crippen molar-refractivity contribution in [3.05, 3.63) is 24.3 Å². The van der Waals surface area contributed by atoms with Gasteiger partial charge in [0.15, 0.2) is 0 Å². The van der Waals surface area contributed by atoms with E-state index in [1.807, 2.05) is 4.90 Å². The lowest BCUT2D eigenvalue weighted by atomic mass is 9.86. The molecule has 0 N–H and O–H groups in total. The van der Waals surface area contributed by atoms with E-state index in [4.69, 9.17) is 4.74 Å². The van der Waals surface area contributed by atoms with Gasteiger partial charge in [-0.15, -0.1) is 0 Å². The summed E-state index contributed by atoms with van der Waals surface area (Å²) in [5, 5.41) is 0. The maximum absolute atomic E-state index is 13.6. The highest BCUT2D eigenvalue weighted by molar-refractivity contribution is 6.23. The van der Waals surface area contributed by atoms with Gasteiger partial charge in [0.2, 0.25) is 11.8 Å². The van der Waals surface area contributed by atoms with Crippen molar-refractivity contribution >= 4 is 23.4 Å². The van der Waals surface area contributed by atoms with Gasteiger partial charge in [0.25, 0.3) is 5.91 Å². The second-order valence-electron chi connectivity index (χ2n) is 8.86. The Kier molecular flexibility index (Phi) is 6.40. The fourth-order valence-electron chi connectivity index (χ4n) is 5.34. The van der Waals surface area contributed by atoms with Crippen LogP contribution in [0, 0.1) is 5.92 Å². The average Bonchev–Trinajstić information content (AvgIpc) is 3.09. The van der Waals surface area contributed by atoms with Crippen molar-refractivity contribution in [2.75, 3.05) is 12.0 Å². The SMILES string of the molecule is COc1ccc(N2C(=O)CC(N(C(=O)C3CCCCC3)C3CCCCC3)C2=O)cc1. The fourth-order valence-corrected chi connectivity index (χ4v) is 5.34. The second-order valence-corrected chi connectivity index (χ2v) is 8.86. The summed E-state index contributed by atoms with van der Waals surface area (Å²) in [5.41, 5.74) is 0.544. The van der Waals surface area contributed by atoms with E-state index in [0.29, 0.717) is 11.4 Å². The van der Waals surface area contributed by atoms with E-state index < -0.39 is 6.04 Å². The largest absolute Gasteiger partial charge is 0.497 e. The number of amides is 3. The molecule has 162 valence electrons. The molecule has 6 heteroatoms. The molecular formula is C24H32N2O4. The Morgan fingerprint density at radius 2 is 1.53 bits per heavy atom. The molecule has 2 aliphatic carbocycles. The number of nitrogens with zero attached hydrogens (tertiary/aromatic N) is 2. The second kappa shape index (κ2) is 9.19. The van der Waals surface area contributed by atoms with Gasteiger partial charge in [-0.2, -0.15) is 0 Å². The summed E-state index contributed by atoms with van der Waals surface area (Å²) < 4.78 is 5.18. The van der Waals surface area contributed by atoms with E-state index >= 15 is 0 Å². The number of imide groups is 1. The zero-order valence-electron chi connectivity index (χ0n) is 17.8. The molecule has 6 nitrogen and oxygen atoms in total. The monoisotopic (exact) mass is 412 g/mol. The predicted molar refractivity (Wildman–Crippen MR) is 114 cm³/mol. The summed E-state index contributed by atoms with van der Waals surface area (Å²) in [5.74, 6) is 0.279. The lowest BCUT2D eigenvalue weighted by molar-refractivity contribution is -0.146. The summed E-state index contributed by atoms with van der Waals surface area (Å²) in [4.78, 5) is 43.0. The maximum Gasteiger partial charge on any atom is 0.257 e. The van der Waals surface area contributed by atoms with Crippen LogP contribution < -0.4 is 9.64 Å². The lowest BCUT2D eigenvalue weighted by Gasteiger charge is -2.40. The van der Waals surface area contributed by atoms with Crippen molar-refractivity contribution in [3.8, 4) is 5.75 Å². The van der Waals surface area contributed by atoms with Crippen molar-refractivity contribution in [1.82, 2.24) is 4.90 Å². The van der Waals surface area contributed by atoms with E-state index in [0.717, 1.165) is 51.4 Å². The van der Waals surface area contributed by atoms with Gasteiger partial charge in [-0.1, -0.05) is 38.5 Å². The van der Waals surface area contributed by atoms with Gasteiger partial charge in [-0.25, -0.2) is 4.90 Å². The topological polar surface area (TPSA) is 66.9 Å². The molecule has 30 heavy (non-hydrogen) atoms. The summed E-state index contributed by atoms with van der Waals surface area (Å²) in [6, 6.07) is 6.35. The molecule has 1 aliphatic heterocycles. The van der Waals surface area contributed by atoms with E-state index in [2.05, 4.69) is 0 Å². The van der Waals surface area contributed by atoms with Gasteiger partial charge in [0.05, 0.1) is 19.2 Å². The van der Waals surface area contributed by atoms with Gasteiger partial charge in [-0.05, 0) is 49.9 Å². The molecule has 4 rings (SSSR count). The van der Waals surface area contributed by atoms with Gasteiger partial charge in [0, 0.05) is 12.0 Å². The molecule has 0 aromatic heterocycles. The Morgan fingerprint density at radius 3 is 2.13 bits per heavy atom. The smallest absolute Gasteiger partial charge is 0.257 e. The lowest BCUT2D eigenvalue weighted by Crippen LogP contribution is -2.53. The van der Waals surface area contributed by atoms with Crippen molar-refractivity contribution < 1.29 is 19.1 Å². The zero-order valence-corrected chi connectivity index (χ0v) is 17.8. The molecule has 1 aromatic rings. The maximum atomic E-state index is 13.6. The van der Waals surface area contributed by atoms with Gasteiger partial charge >= 0.3 is 0 Å². The van der Waals surface area contributed by atoms with Crippen LogP contribution in [-0.4, -0.2) is 41.8 Å². The van der Waals surface area contributed by atoms with Gasteiger partial charge < -0.3 is 9.64 Å². The van der Waals surface area contributed by atoms with Crippen LogP contribution in [0.4, 0.5) is 5.69 Å². The first-order chi connectivity index (χ1) is 14.6. The van der Waals surface area contributed by atoms with Crippen LogP contribution in [0.5, 0.6) is 5.75 Å². The molecule has 2 saturated carbocycles. The normalized spacial score (nSPS) is 23.6. The molecule has 1 unspecified atom stereocenters. The molecule has 1 saturated heterocycles. The van der Waals surface area contributed by atoms with E-state index in [1.54, 1.807) is 31.4 Å². The number of methoxy groups -OCH3 is 1. The predicted octanol–water partition coefficient (Wildman–Crippen LogP) is 4.07. The van der Waals surface area contributed by atoms with Crippen LogP contribution in [0.3, 0.4) is 0 Å². The van der Waals surface area contributed by atoms with Crippen molar-refractivity contribution in [2.24, 2.45) is 5.92 Å². The van der Waals surface area contributed by atoms with Crippen LogP contribution in [0.15, 0.2) is 24.3 Å². The highest BCUT2D eigenvalue weighted by Crippen LogP contribution is 2.35. The minimum atomic E-state index is -0.669. The number of carbonyl (C=O) groups excluding carboxylic acids is 3. The zero-order chi connectivity index (χ0) is 21.1. The highest BCUT2D eigenvalue weighted by atomic mass is 16.5. The van der Waals surface area contributed by atoms with Crippen LogP contribution in [0.2, 0.25) is 0 Å². The third kappa shape index (κ3) is 4.09. The standard InChI is InChI=1S/C24H32N2O4/c1-30-20-14-12-19(13-15-20)26-22(27)16-21(24(26)29)25(18-10-6-3-7-11-18)23(28)17-8-4-2-5-9-17/h12-15,17-18,21H,2-11,16H2,1H3. The number of hydrogen-bond donors (Lipinski definition) is 0. The molecule has 1 atom stereocenters. The molecule has 3 aliphatic rings. The molecule has 0 bridgehead atoms. The van der Waals surface area contributed by atoms with Crippen molar-refractivity contribution in [3.63, 3.8) is 0 Å². The van der Waals surface area contributed by atoms with E-state index in [-0.39, 0.29) is 36.1 Å². The van der Waals surface area contributed by atoms with Crippen LogP contribution in [0.25, 0.3) is 0 Å². The average molecular weight is 413 g/mol. The van der Waals surface area contributed by atoms with Gasteiger partial charge in [-0.3, -0.25) is 14.4 Å². The quantitative estimate of drug-likeness (QED) is 0.684. The van der Waals surface area contributed by atoms with Crippen molar-refractivity contribution in [2.45, 2.75) is 82.7 Å². The number of benzene rings is 1. The van der Waals surface area contributed by atoms with E-state index in [1.165, 1.54) is 17.7 Å². The van der Waals surface area contributed by atoms with Crippen LogP contribution in [0.1, 0.15) is 70.6 Å². The number of ether oxygens (including phenoxy) is 1. The fraction of sp³-hybridized carbons (Fsp3) is 0.625. The Morgan fingerprint density at radius 1 is 0.933 bits per heavy atom. The molecule has 0 radical (unpaired) electrons. The van der Waals surface area contributed by atoms with Crippen LogP contribution >= 0.6 is 0 Å². The Balaban J connectivity index is 1.60. The highest BCUT2D eigenvalue weighted by Gasteiger charge is 2.47. The number of rotatable bonds is 5. The first-order valence-corrected chi connectivity index (χ1v) is 11.4. The molecular weight excluding hydrogens is 380 g/mol. The Hall–Kier alpha value is -2.37. The third-order valence-electron chi connectivity index (χ3n) is 6.97. The number of carbonyl (C=O) groups is 3. The number of hydrogen-bond acceptors (Lipinski definition) is 4. The summed E-state index contributed by atoms with van der Waals surface area (Å²) in [6.45, 7) is 0. The Bertz CT molecular complexity index is 779. The summed E-state index contributed by atoms with van der Waals surface area (Å²) in [6.07, 6.45) is 10.4. The molecule has 3 amide bonds. The summed E-state index contributed by atoms with van der Waals surface area (Å²) >= 11 is 0. The number of anilines is 1. The minimum absolute atomic E-state index is 0.00128. The minimum Gasteiger partial charge on any atom is -0.497 e. The Labute approximate surface area is 178 Å². The molecule has 3 fully saturated rings. The van der Waals surface area contributed by atoms with Crippen LogP contribution in [-0.2, 0) is 14.4 Å². The first kappa shape index (κ1) is 20.9. The molecule has 0 spiro atoms. The van der Waals surface area contributed by atoms with Crippen molar-refractivity contribution in [1.29, 1.82) is 0 Å². The first-order valence-electron chi connectivity index (χ1n) is 11.4. The van der Waals surface area contributed by atoms with Gasteiger partial charge in [0.1, 0.15) is 11.8 Å². The van der Waals surface area contributed by atoms with E-state index in [9.17, 15) is 14.4 Å². The molecule has 1 aromatic carbocycles.